The van der Waals surface area contributed by atoms with E-state index < -0.39 is 0 Å². The van der Waals surface area contributed by atoms with Crippen LogP contribution < -0.4 is 10.9 Å². The number of hydrogen-bond donors (Lipinski definition) is 2. The highest BCUT2D eigenvalue weighted by Crippen LogP contribution is 2.27. The van der Waals surface area contributed by atoms with Gasteiger partial charge in [-0.25, -0.2) is 9.82 Å². The number of rotatable bonds is 2. The minimum Gasteiger partial charge on any atom is -0.303 e. The summed E-state index contributed by atoms with van der Waals surface area (Å²) in [6.45, 7) is 0.528. The van der Waals surface area contributed by atoms with Crippen LogP contribution in [-0.4, -0.2) is 12.8 Å². The van der Waals surface area contributed by atoms with E-state index >= 15 is 0 Å². The standard InChI is InChI=1S/C10H10BrFN2O/c11-7-1-2-9(12)8(3-7)10-6(5-15)4-13-14-10/h1-3,5-6,10,13-14H,4H2. The van der Waals surface area contributed by atoms with Gasteiger partial charge in [0.1, 0.15) is 12.1 Å². The molecule has 2 rings (SSSR count). The van der Waals surface area contributed by atoms with Gasteiger partial charge < -0.3 is 4.79 Å². The lowest BCUT2D eigenvalue weighted by molar-refractivity contribution is -0.111. The normalized spacial score (nSPS) is 25.5. The van der Waals surface area contributed by atoms with Crippen molar-refractivity contribution in [1.29, 1.82) is 0 Å². The van der Waals surface area contributed by atoms with E-state index in [2.05, 4.69) is 26.8 Å². The minimum absolute atomic E-state index is 0.228. The Kier molecular flexibility index (Phi) is 3.14. The first-order valence-electron chi connectivity index (χ1n) is 4.61. The van der Waals surface area contributed by atoms with Gasteiger partial charge in [-0.05, 0) is 18.2 Å². The Morgan fingerprint density at radius 2 is 2.33 bits per heavy atom. The van der Waals surface area contributed by atoms with Gasteiger partial charge in [0.15, 0.2) is 0 Å². The van der Waals surface area contributed by atoms with E-state index in [1.165, 1.54) is 6.07 Å². The SMILES string of the molecule is O=CC1CNNC1c1cc(Br)ccc1F. The van der Waals surface area contributed by atoms with E-state index in [1.54, 1.807) is 12.1 Å². The molecular weight excluding hydrogens is 263 g/mol. The van der Waals surface area contributed by atoms with Gasteiger partial charge >= 0.3 is 0 Å². The molecule has 0 amide bonds. The second kappa shape index (κ2) is 4.38. The molecule has 1 saturated heterocycles. The van der Waals surface area contributed by atoms with Gasteiger partial charge in [0, 0.05) is 22.5 Å². The summed E-state index contributed by atoms with van der Waals surface area (Å²) < 4.78 is 14.3. The van der Waals surface area contributed by atoms with E-state index in [9.17, 15) is 9.18 Å². The third kappa shape index (κ3) is 2.09. The number of halogens is 2. The van der Waals surface area contributed by atoms with Gasteiger partial charge in [-0.3, -0.25) is 5.43 Å². The molecule has 0 aliphatic carbocycles. The van der Waals surface area contributed by atoms with E-state index in [4.69, 9.17) is 0 Å². The fourth-order valence-corrected chi connectivity index (χ4v) is 2.08. The largest absolute Gasteiger partial charge is 0.303 e. The average molecular weight is 273 g/mol. The van der Waals surface area contributed by atoms with Crippen LogP contribution in [0.5, 0.6) is 0 Å². The fraction of sp³-hybridized carbons (Fsp3) is 0.300. The molecule has 80 valence electrons. The molecule has 1 aromatic carbocycles. The lowest BCUT2D eigenvalue weighted by Crippen LogP contribution is -2.25. The van der Waals surface area contributed by atoms with Crippen LogP contribution in [0.15, 0.2) is 22.7 Å². The molecule has 1 aliphatic heterocycles. The minimum atomic E-state index is -0.300. The Morgan fingerprint density at radius 3 is 3.07 bits per heavy atom. The zero-order valence-electron chi connectivity index (χ0n) is 7.84. The maximum Gasteiger partial charge on any atom is 0.128 e. The Morgan fingerprint density at radius 1 is 1.53 bits per heavy atom. The molecule has 1 fully saturated rings. The highest BCUT2D eigenvalue weighted by molar-refractivity contribution is 9.10. The number of nitrogens with one attached hydrogen (secondary N) is 2. The molecule has 3 nitrogen and oxygen atoms in total. The molecular formula is C10H10BrFN2O. The van der Waals surface area contributed by atoms with Crippen LogP contribution in [0, 0.1) is 11.7 Å². The number of aldehydes is 1. The molecule has 5 heteroatoms. The van der Waals surface area contributed by atoms with Crippen molar-refractivity contribution < 1.29 is 9.18 Å². The van der Waals surface area contributed by atoms with Crippen molar-refractivity contribution >= 4 is 22.2 Å². The molecule has 15 heavy (non-hydrogen) atoms. The van der Waals surface area contributed by atoms with Crippen LogP contribution in [0.25, 0.3) is 0 Å². The average Bonchev–Trinajstić information content (AvgIpc) is 2.69. The van der Waals surface area contributed by atoms with Crippen LogP contribution in [-0.2, 0) is 4.79 Å². The second-order valence-corrected chi connectivity index (χ2v) is 4.38. The molecule has 0 aromatic heterocycles. The molecule has 0 spiro atoms. The van der Waals surface area contributed by atoms with Crippen molar-refractivity contribution in [2.75, 3.05) is 6.54 Å². The van der Waals surface area contributed by atoms with Gasteiger partial charge in [0.05, 0.1) is 6.04 Å². The van der Waals surface area contributed by atoms with Crippen molar-refractivity contribution in [2.45, 2.75) is 6.04 Å². The number of hydrogen-bond acceptors (Lipinski definition) is 3. The number of carbonyl (C=O) groups is 1. The van der Waals surface area contributed by atoms with Gasteiger partial charge in [-0.2, -0.15) is 0 Å². The third-order valence-electron chi connectivity index (χ3n) is 2.49. The predicted octanol–water partition coefficient (Wildman–Crippen LogP) is 1.55. The van der Waals surface area contributed by atoms with E-state index in [0.29, 0.717) is 12.1 Å². The third-order valence-corrected chi connectivity index (χ3v) is 2.98. The van der Waals surface area contributed by atoms with Crippen LogP contribution in [0.1, 0.15) is 11.6 Å². The number of hydrazine groups is 1. The van der Waals surface area contributed by atoms with Crippen molar-refractivity contribution in [2.24, 2.45) is 5.92 Å². The smallest absolute Gasteiger partial charge is 0.128 e. The van der Waals surface area contributed by atoms with Crippen LogP contribution in [0.2, 0.25) is 0 Å². The van der Waals surface area contributed by atoms with E-state index in [-0.39, 0.29) is 17.8 Å². The zero-order valence-corrected chi connectivity index (χ0v) is 9.42. The highest BCUT2D eigenvalue weighted by atomic mass is 79.9. The quantitative estimate of drug-likeness (QED) is 0.803. The molecule has 1 aliphatic rings. The van der Waals surface area contributed by atoms with Crippen molar-refractivity contribution in [3.8, 4) is 0 Å². The van der Waals surface area contributed by atoms with Gasteiger partial charge in [-0.15, -0.1) is 0 Å². The predicted molar refractivity (Wildman–Crippen MR) is 57.5 cm³/mol. The molecule has 2 atom stereocenters. The van der Waals surface area contributed by atoms with Crippen LogP contribution >= 0.6 is 15.9 Å². The van der Waals surface area contributed by atoms with Crippen molar-refractivity contribution in [3.63, 3.8) is 0 Å². The summed E-state index contributed by atoms with van der Waals surface area (Å²) in [5.74, 6) is -0.528. The molecule has 0 radical (unpaired) electrons. The first-order chi connectivity index (χ1) is 7.22. The Hall–Kier alpha value is -0.780. The molecule has 2 unspecified atom stereocenters. The molecule has 0 saturated carbocycles. The topological polar surface area (TPSA) is 41.1 Å². The summed E-state index contributed by atoms with van der Waals surface area (Å²) in [6.07, 6.45) is 0.845. The first-order valence-corrected chi connectivity index (χ1v) is 5.40. The monoisotopic (exact) mass is 272 g/mol. The van der Waals surface area contributed by atoms with Crippen molar-refractivity contribution in [3.05, 3.63) is 34.1 Å². The molecule has 2 N–H and O–H groups in total. The highest BCUT2D eigenvalue weighted by Gasteiger charge is 2.29. The summed E-state index contributed by atoms with van der Waals surface area (Å²) in [5.41, 5.74) is 6.26. The van der Waals surface area contributed by atoms with E-state index in [0.717, 1.165) is 10.8 Å². The summed E-state index contributed by atoms with van der Waals surface area (Å²) in [7, 11) is 0. The molecule has 1 heterocycles. The maximum absolute atomic E-state index is 13.5. The van der Waals surface area contributed by atoms with E-state index in [1.807, 2.05) is 0 Å². The number of carbonyl (C=O) groups excluding carboxylic acids is 1. The summed E-state index contributed by atoms with van der Waals surface area (Å²) in [5, 5.41) is 0. The Bertz CT molecular complexity index is 386. The van der Waals surface area contributed by atoms with Gasteiger partial charge in [0.25, 0.3) is 0 Å². The Balaban J connectivity index is 2.35. The maximum atomic E-state index is 13.5. The molecule has 1 aromatic rings. The van der Waals surface area contributed by atoms with Crippen LogP contribution in [0.3, 0.4) is 0 Å². The lowest BCUT2D eigenvalue weighted by atomic mass is 9.96. The lowest BCUT2D eigenvalue weighted by Gasteiger charge is -2.15. The summed E-state index contributed by atoms with van der Waals surface area (Å²) in [4.78, 5) is 10.8. The van der Waals surface area contributed by atoms with Gasteiger partial charge in [-0.1, -0.05) is 15.9 Å². The van der Waals surface area contributed by atoms with Gasteiger partial charge in [0.2, 0.25) is 0 Å². The van der Waals surface area contributed by atoms with Crippen LogP contribution in [0.4, 0.5) is 4.39 Å². The number of benzene rings is 1. The second-order valence-electron chi connectivity index (χ2n) is 3.47. The Labute approximate surface area is 95.1 Å². The van der Waals surface area contributed by atoms with Crippen molar-refractivity contribution in [1.82, 2.24) is 10.9 Å². The molecule has 0 bridgehead atoms. The zero-order chi connectivity index (χ0) is 10.8. The summed E-state index contributed by atoms with van der Waals surface area (Å²) in [6, 6.07) is 4.43. The fourth-order valence-electron chi connectivity index (χ4n) is 1.70. The summed E-state index contributed by atoms with van der Waals surface area (Å²) >= 11 is 3.28. The first kappa shape index (κ1) is 10.7.